The van der Waals surface area contributed by atoms with Crippen LogP contribution in [0, 0.1) is 12.3 Å². The van der Waals surface area contributed by atoms with Crippen LogP contribution in [0.15, 0.2) is 12.1 Å². The topological polar surface area (TPSA) is 12.0 Å². The Labute approximate surface area is 98.4 Å². The molecule has 0 amide bonds. The van der Waals surface area contributed by atoms with Crippen LogP contribution in [0.5, 0.6) is 0 Å². The Morgan fingerprint density at radius 3 is 2.50 bits per heavy atom. The zero-order valence-corrected chi connectivity index (χ0v) is 9.55. The highest BCUT2D eigenvalue weighted by Crippen LogP contribution is 2.31. The Morgan fingerprint density at radius 2 is 1.86 bits per heavy atom. The van der Waals surface area contributed by atoms with Crippen molar-refractivity contribution in [2.24, 2.45) is 0 Å². The maximum Gasteiger partial charge on any atom is 0.0652 e. The van der Waals surface area contributed by atoms with Crippen LogP contribution >= 0.6 is 34.8 Å². The predicted octanol–water partition coefficient (Wildman–Crippen LogP) is 3.37. The van der Waals surface area contributed by atoms with Crippen molar-refractivity contribution in [2.45, 2.75) is 6.54 Å². The molecule has 0 aliphatic rings. The van der Waals surface area contributed by atoms with Crippen LogP contribution in [-0.4, -0.2) is 6.54 Å². The maximum atomic E-state index is 5.97. The Bertz CT molecular complexity index is 368. The molecule has 0 aliphatic carbocycles. The molecular formula is C10H8Cl3N. The monoisotopic (exact) mass is 247 g/mol. The van der Waals surface area contributed by atoms with Gasteiger partial charge in [0, 0.05) is 17.1 Å². The number of nitrogens with one attached hydrogen (secondary N) is 1. The number of benzene rings is 1. The highest BCUT2D eigenvalue weighted by Gasteiger charge is 2.08. The third-order valence-corrected chi connectivity index (χ3v) is 2.87. The van der Waals surface area contributed by atoms with Crippen molar-refractivity contribution in [1.82, 2.24) is 5.32 Å². The van der Waals surface area contributed by atoms with E-state index in [9.17, 15) is 0 Å². The highest BCUT2D eigenvalue weighted by molar-refractivity contribution is 6.44. The molecule has 14 heavy (non-hydrogen) atoms. The molecule has 1 nitrogen and oxygen atoms in total. The molecular weight excluding hydrogens is 240 g/mol. The van der Waals surface area contributed by atoms with Crippen molar-refractivity contribution in [3.05, 3.63) is 32.8 Å². The molecule has 74 valence electrons. The molecule has 0 fully saturated rings. The lowest BCUT2D eigenvalue weighted by molar-refractivity contribution is 0.771. The van der Waals surface area contributed by atoms with Crippen LogP contribution in [0.4, 0.5) is 0 Å². The van der Waals surface area contributed by atoms with Crippen LogP contribution in [0.25, 0.3) is 0 Å². The van der Waals surface area contributed by atoms with E-state index in [2.05, 4.69) is 11.2 Å². The Kier molecular flexibility index (Phi) is 4.57. The predicted molar refractivity (Wildman–Crippen MR) is 62.0 cm³/mol. The summed E-state index contributed by atoms with van der Waals surface area (Å²) in [5.74, 6) is 2.46. The summed E-state index contributed by atoms with van der Waals surface area (Å²) in [5.41, 5.74) is 0.774. The molecule has 0 bridgehead atoms. The molecule has 1 aromatic carbocycles. The molecule has 1 aromatic rings. The van der Waals surface area contributed by atoms with Gasteiger partial charge in [0.2, 0.25) is 0 Å². The second-order valence-electron chi connectivity index (χ2n) is 2.63. The Hall–Kier alpha value is -0.390. The fourth-order valence-corrected chi connectivity index (χ4v) is 1.67. The van der Waals surface area contributed by atoms with E-state index < -0.39 is 0 Å². The van der Waals surface area contributed by atoms with E-state index >= 15 is 0 Å². The normalized spacial score (nSPS) is 9.86. The summed E-state index contributed by atoms with van der Waals surface area (Å²) >= 11 is 17.8. The highest BCUT2D eigenvalue weighted by atomic mass is 35.5. The fourth-order valence-electron chi connectivity index (χ4n) is 0.991. The van der Waals surface area contributed by atoms with Gasteiger partial charge in [0.15, 0.2) is 0 Å². The molecule has 0 radical (unpaired) electrons. The number of halogens is 3. The Balaban J connectivity index is 2.85. The van der Waals surface area contributed by atoms with Crippen LogP contribution in [0.1, 0.15) is 5.56 Å². The van der Waals surface area contributed by atoms with Gasteiger partial charge in [-0.15, -0.1) is 6.42 Å². The van der Waals surface area contributed by atoms with Crippen LogP contribution in [0.2, 0.25) is 15.1 Å². The molecule has 0 atom stereocenters. The van der Waals surface area contributed by atoms with Gasteiger partial charge in [-0.25, -0.2) is 0 Å². The maximum absolute atomic E-state index is 5.97. The summed E-state index contributed by atoms with van der Waals surface area (Å²) in [6.07, 6.45) is 5.09. The lowest BCUT2D eigenvalue weighted by Gasteiger charge is -2.08. The van der Waals surface area contributed by atoms with Crippen LogP contribution in [-0.2, 0) is 6.54 Å². The largest absolute Gasteiger partial charge is 0.302 e. The first kappa shape index (κ1) is 11.7. The molecule has 0 unspecified atom stereocenters. The number of rotatable bonds is 3. The van der Waals surface area contributed by atoms with Gasteiger partial charge in [0.1, 0.15) is 0 Å². The zero-order valence-electron chi connectivity index (χ0n) is 7.28. The molecule has 0 aromatic heterocycles. The van der Waals surface area contributed by atoms with Crippen molar-refractivity contribution < 1.29 is 0 Å². The van der Waals surface area contributed by atoms with E-state index in [0.29, 0.717) is 28.2 Å². The first-order chi connectivity index (χ1) is 6.66. The lowest BCUT2D eigenvalue weighted by Crippen LogP contribution is -2.13. The van der Waals surface area contributed by atoms with Gasteiger partial charge in [0.05, 0.1) is 16.6 Å². The molecule has 0 spiro atoms. The number of hydrogen-bond acceptors (Lipinski definition) is 1. The van der Waals surface area contributed by atoms with Gasteiger partial charge < -0.3 is 5.32 Å². The van der Waals surface area contributed by atoms with Crippen LogP contribution < -0.4 is 5.32 Å². The van der Waals surface area contributed by atoms with E-state index in [-0.39, 0.29) is 0 Å². The summed E-state index contributed by atoms with van der Waals surface area (Å²) in [7, 11) is 0. The molecule has 0 saturated carbocycles. The molecule has 1 N–H and O–H groups in total. The van der Waals surface area contributed by atoms with Crippen molar-refractivity contribution in [3.8, 4) is 12.3 Å². The van der Waals surface area contributed by atoms with Crippen LogP contribution in [0.3, 0.4) is 0 Å². The standard InChI is InChI=1S/C10H8Cl3N/c1-2-5-14-6-7-8(11)3-4-9(12)10(7)13/h1,3-4,14H,5-6H2. The number of hydrogen-bond donors (Lipinski definition) is 1. The first-order valence-corrected chi connectivity index (χ1v) is 5.06. The van der Waals surface area contributed by atoms with E-state index in [1.165, 1.54) is 0 Å². The van der Waals surface area contributed by atoms with Gasteiger partial charge in [-0.05, 0) is 12.1 Å². The average molecular weight is 249 g/mol. The van der Waals surface area contributed by atoms with Crippen molar-refractivity contribution in [1.29, 1.82) is 0 Å². The van der Waals surface area contributed by atoms with E-state index in [1.807, 2.05) is 0 Å². The third-order valence-electron chi connectivity index (χ3n) is 1.67. The summed E-state index contributed by atoms with van der Waals surface area (Å²) in [4.78, 5) is 0. The summed E-state index contributed by atoms with van der Waals surface area (Å²) < 4.78 is 0. The van der Waals surface area contributed by atoms with Gasteiger partial charge in [-0.3, -0.25) is 0 Å². The second-order valence-corrected chi connectivity index (χ2v) is 3.82. The summed E-state index contributed by atoms with van der Waals surface area (Å²) in [6.45, 7) is 0.988. The minimum Gasteiger partial charge on any atom is -0.302 e. The molecule has 0 aliphatic heterocycles. The van der Waals surface area contributed by atoms with Gasteiger partial charge in [0.25, 0.3) is 0 Å². The summed E-state index contributed by atoms with van der Waals surface area (Å²) in [6, 6.07) is 3.37. The molecule has 0 heterocycles. The average Bonchev–Trinajstić information content (AvgIpc) is 2.18. The van der Waals surface area contributed by atoms with Gasteiger partial charge in [-0.1, -0.05) is 40.7 Å². The minimum atomic E-state index is 0.471. The minimum absolute atomic E-state index is 0.471. The molecule has 4 heteroatoms. The number of terminal acetylenes is 1. The smallest absolute Gasteiger partial charge is 0.0652 e. The first-order valence-electron chi connectivity index (χ1n) is 3.93. The SMILES string of the molecule is C#CCNCc1c(Cl)ccc(Cl)c1Cl. The van der Waals surface area contributed by atoms with Crippen molar-refractivity contribution in [3.63, 3.8) is 0 Å². The fraction of sp³-hybridized carbons (Fsp3) is 0.200. The molecule has 1 rings (SSSR count). The second kappa shape index (κ2) is 5.48. The third kappa shape index (κ3) is 2.80. The van der Waals surface area contributed by atoms with E-state index in [4.69, 9.17) is 41.2 Å². The van der Waals surface area contributed by atoms with Crippen molar-refractivity contribution in [2.75, 3.05) is 6.54 Å². The van der Waals surface area contributed by atoms with E-state index in [1.54, 1.807) is 12.1 Å². The van der Waals surface area contributed by atoms with Crippen molar-refractivity contribution >= 4 is 34.8 Å². The lowest BCUT2D eigenvalue weighted by atomic mass is 10.2. The Morgan fingerprint density at radius 1 is 1.21 bits per heavy atom. The van der Waals surface area contributed by atoms with E-state index in [0.717, 1.165) is 5.56 Å². The quantitative estimate of drug-likeness (QED) is 0.491. The zero-order chi connectivity index (χ0) is 10.6. The van der Waals surface area contributed by atoms with Gasteiger partial charge in [-0.2, -0.15) is 0 Å². The summed E-state index contributed by atoms with van der Waals surface area (Å²) in [5, 5.41) is 4.55. The van der Waals surface area contributed by atoms with Gasteiger partial charge >= 0.3 is 0 Å². The molecule has 0 saturated heterocycles.